The fourth-order valence-corrected chi connectivity index (χ4v) is 1.76. The van der Waals surface area contributed by atoms with Crippen LogP contribution in [0.4, 0.5) is 5.69 Å². The molecule has 0 bridgehead atoms. The van der Waals surface area contributed by atoms with Gasteiger partial charge in [0, 0.05) is 0 Å². The maximum Gasteiger partial charge on any atom is 0.228 e. The van der Waals surface area contributed by atoms with Gasteiger partial charge in [-0.2, -0.15) is 4.99 Å². The first-order chi connectivity index (χ1) is 10.2. The van der Waals surface area contributed by atoms with Crippen molar-refractivity contribution in [3.8, 4) is 11.5 Å². The number of aliphatic hydroxyl groups is 1. The molecule has 0 aliphatic rings. The van der Waals surface area contributed by atoms with Crippen LogP contribution in [-0.4, -0.2) is 10.3 Å². The summed E-state index contributed by atoms with van der Waals surface area (Å²) in [5.74, 6) is 0.543. The lowest BCUT2D eigenvalue weighted by atomic mass is 10.2. The van der Waals surface area contributed by atoms with Gasteiger partial charge in [-0.05, 0) is 48.6 Å². The van der Waals surface area contributed by atoms with E-state index in [9.17, 15) is 10.0 Å². The van der Waals surface area contributed by atoms with Crippen LogP contribution in [0.15, 0.2) is 58.9 Å². The van der Waals surface area contributed by atoms with E-state index in [1.807, 2.05) is 0 Å². The topological polar surface area (TPSA) is 80.5 Å². The molecule has 0 aliphatic carbocycles. The van der Waals surface area contributed by atoms with Crippen LogP contribution < -0.4 is 9.57 Å². The predicted octanol–water partition coefficient (Wildman–Crippen LogP) is 3.55. The van der Waals surface area contributed by atoms with Gasteiger partial charge in [0.25, 0.3) is 0 Å². The Morgan fingerprint density at radius 2 is 1.86 bits per heavy atom. The van der Waals surface area contributed by atoms with Crippen molar-refractivity contribution in [2.75, 3.05) is 0 Å². The second-order valence-corrected chi connectivity index (χ2v) is 4.05. The minimum absolute atomic E-state index is 0.127. The van der Waals surface area contributed by atoms with E-state index in [4.69, 9.17) is 4.74 Å². The van der Waals surface area contributed by atoms with Crippen LogP contribution in [0.5, 0.6) is 11.5 Å². The van der Waals surface area contributed by atoms with Gasteiger partial charge in [0.1, 0.15) is 5.75 Å². The molecule has 2 rings (SSSR count). The van der Waals surface area contributed by atoms with Crippen molar-refractivity contribution in [1.29, 1.82) is 0 Å². The van der Waals surface area contributed by atoms with Gasteiger partial charge in [0.05, 0.1) is 16.4 Å². The molecule has 0 aromatic heterocycles. The molecule has 2 aromatic carbocycles. The Kier molecular flexibility index (Phi) is 5.11. The van der Waals surface area contributed by atoms with Crippen LogP contribution in [0, 0.1) is 4.91 Å². The number of hydrogen-bond acceptors (Lipinski definition) is 7. The highest BCUT2D eigenvalue weighted by atomic mass is 32.1. The molecule has 0 saturated heterocycles. The second kappa shape index (κ2) is 7.25. The average molecular weight is 302 g/mol. The molecule has 7 heteroatoms. The number of nitrogens with zero attached hydrogens (tertiary/aromatic N) is 2. The average Bonchev–Trinajstić information content (AvgIpc) is 2.50. The Balaban J connectivity index is 2.15. The molecule has 1 N–H and O–H groups in total. The summed E-state index contributed by atoms with van der Waals surface area (Å²) in [6.45, 7) is 0. The molecule has 1 unspecified atom stereocenters. The quantitative estimate of drug-likeness (QED) is 0.290. The smallest absolute Gasteiger partial charge is 0.228 e. The van der Waals surface area contributed by atoms with Gasteiger partial charge in [0.2, 0.25) is 6.29 Å². The number of aliphatic imine (C=N–C) groups is 1. The Labute approximate surface area is 125 Å². The first kappa shape index (κ1) is 14.8. The highest BCUT2D eigenvalue weighted by Gasteiger charge is 2.15. The molecule has 0 aliphatic heterocycles. The van der Waals surface area contributed by atoms with E-state index in [0.29, 0.717) is 11.4 Å². The number of para-hydroxylation sites is 1. The Hall–Kier alpha value is -2.60. The molecule has 106 valence electrons. The van der Waals surface area contributed by atoms with E-state index < -0.39 is 6.29 Å². The highest BCUT2D eigenvalue weighted by molar-refractivity contribution is 7.78. The van der Waals surface area contributed by atoms with Gasteiger partial charge in [0.15, 0.2) is 11.1 Å². The highest BCUT2D eigenvalue weighted by Crippen LogP contribution is 2.28. The lowest BCUT2D eigenvalue weighted by Gasteiger charge is -2.15. The lowest BCUT2D eigenvalue weighted by molar-refractivity contribution is -0.0213. The third-order valence-electron chi connectivity index (χ3n) is 2.58. The maximum atomic E-state index is 10.2. The third kappa shape index (κ3) is 3.93. The number of ether oxygens (including phenoxy) is 1. The summed E-state index contributed by atoms with van der Waals surface area (Å²) in [5.41, 5.74) is 0.916. The van der Waals surface area contributed by atoms with Gasteiger partial charge < -0.3 is 14.7 Å². The number of isothiocyanates is 1. The third-order valence-corrected chi connectivity index (χ3v) is 2.67. The normalized spacial score (nSPS) is 11.1. The molecular weight excluding hydrogens is 292 g/mol. The summed E-state index contributed by atoms with van der Waals surface area (Å²) in [6, 6.07) is 13.0. The molecule has 0 heterocycles. The van der Waals surface area contributed by atoms with Crippen LogP contribution in [0.3, 0.4) is 0 Å². The lowest BCUT2D eigenvalue weighted by Crippen LogP contribution is -2.07. The van der Waals surface area contributed by atoms with Gasteiger partial charge in [-0.3, -0.25) is 0 Å². The van der Waals surface area contributed by atoms with Crippen molar-refractivity contribution >= 4 is 23.1 Å². The first-order valence-electron chi connectivity index (χ1n) is 5.86. The van der Waals surface area contributed by atoms with E-state index in [2.05, 4.69) is 32.5 Å². The monoisotopic (exact) mass is 302 g/mol. The van der Waals surface area contributed by atoms with Crippen molar-refractivity contribution in [2.24, 2.45) is 10.3 Å². The van der Waals surface area contributed by atoms with Crippen LogP contribution in [0.2, 0.25) is 0 Å². The predicted molar refractivity (Wildman–Crippen MR) is 79.6 cm³/mol. The largest absolute Gasteiger partial charge is 0.461 e. The van der Waals surface area contributed by atoms with E-state index in [1.54, 1.807) is 42.5 Å². The summed E-state index contributed by atoms with van der Waals surface area (Å²) in [5, 5.41) is 14.7. The van der Waals surface area contributed by atoms with Crippen molar-refractivity contribution < 1.29 is 14.7 Å². The van der Waals surface area contributed by atoms with E-state index in [1.165, 1.54) is 6.07 Å². The molecule has 21 heavy (non-hydrogen) atoms. The standard InChI is InChI=1S/C14H10N2O4S/c17-14(12-3-1-2-4-13(12)20-16-18)19-11-7-5-10(6-8-11)15-9-21/h1-8,14,17H. The minimum atomic E-state index is -1.30. The fourth-order valence-electron chi connectivity index (χ4n) is 1.65. The molecule has 0 saturated carbocycles. The van der Waals surface area contributed by atoms with Crippen molar-refractivity contribution in [2.45, 2.75) is 6.29 Å². The number of hydrogen-bond donors (Lipinski definition) is 1. The number of rotatable bonds is 6. The zero-order valence-corrected chi connectivity index (χ0v) is 11.5. The van der Waals surface area contributed by atoms with E-state index >= 15 is 0 Å². The van der Waals surface area contributed by atoms with Gasteiger partial charge in [-0.1, -0.05) is 12.1 Å². The molecule has 2 aromatic rings. The van der Waals surface area contributed by atoms with E-state index in [0.717, 1.165) is 0 Å². The van der Waals surface area contributed by atoms with Crippen molar-refractivity contribution in [3.05, 3.63) is 59.0 Å². The molecule has 0 spiro atoms. The minimum Gasteiger partial charge on any atom is -0.461 e. The van der Waals surface area contributed by atoms with Crippen molar-refractivity contribution in [1.82, 2.24) is 0 Å². The number of aliphatic hydroxyl groups excluding tert-OH is 1. The zero-order valence-electron chi connectivity index (χ0n) is 10.7. The van der Waals surface area contributed by atoms with Crippen LogP contribution in [0.1, 0.15) is 11.9 Å². The van der Waals surface area contributed by atoms with Crippen LogP contribution in [0.25, 0.3) is 0 Å². The first-order valence-corrected chi connectivity index (χ1v) is 6.26. The van der Waals surface area contributed by atoms with Crippen molar-refractivity contribution in [3.63, 3.8) is 0 Å². The molecule has 6 nitrogen and oxygen atoms in total. The summed E-state index contributed by atoms with van der Waals surface area (Å²) in [4.78, 5) is 18.5. The SMILES string of the molecule is O=NOc1ccccc1C(O)Oc1ccc(N=C=S)cc1. The van der Waals surface area contributed by atoms with Crippen LogP contribution in [-0.2, 0) is 0 Å². The summed E-state index contributed by atoms with van der Waals surface area (Å²) in [6.07, 6.45) is -1.30. The Bertz CT molecular complexity index is 669. The fraction of sp³-hybridized carbons (Fsp3) is 0.0714. The molecular formula is C14H10N2O4S. The summed E-state index contributed by atoms with van der Waals surface area (Å²) in [7, 11) is 0. The van der Waals surface area contributed by atoms with Gasteiger partial charge in [-0.25, -0.2) is 0 Å². The Morgan fingerprint density at radius 1 is 1.14 bits per heavy atom. The summed E-state index contributed by atoms with van der Waals surface area (Å²) < 4.78 is 5.36. The van der Waals surface area contributed by atoms with E-state index in [-0.39, 0.29) is 11.3 Å². The maximum absolute atomic E-state index is 10.2. The second-order valence-electron chi connectivity index (χ2n) is 3.87. The van der Waals surface area contributed by atoms with Gasteiger partial charge in [-0.15, -0.1) is 4.91 Å². The summed E-state index contributed by atoms with van der Waals surface area (Å²) >= 11 is 4.50. The molecule has 0 radical (unpaired) electrons. The van der Waals surface area contributed by atoms with Crippen LogP contribution >= 0.6 is 12.2 Å². The van der Waals surface area contributed by atoms with Gasteiger partial charge >= 0.3 is 0 Å². The number of thiocarbonyl (C=S) groups is 1. The molecule has 0 amide bonds. The molecule has 1 atom stereocenters. The number of benzene rings is 2. The molecule has 0 fully saturated rings. The zero-order chi connectivity index (χ0) is 15.1. The Morgan fingerprint density at radius 3 is 2.52 bits per heavy atom.